The number of para-hydroxylation sites is 2. The number of primary amides is 1. The summed E-state index contributed by atoms with van der Waals surface area (Å²) in [6, 6.07) is 8.88. The molecular weight excluding hydrogens is 344 g/mol. The SMILES string of the molecule is NC(=O)c1ccccc1OCC#CCNC(=O)Nc1c(F)cccc1F. The number of carbonyl (C=O) groups is 2. The molecule has 2 aromatic carbocycles. The Morgan fingerprint density at radius 2 is 1.73 bits per heavy atom. The molecule has 0 aliphatic heterocycles. The number of ether oxygens (including phenoxy) is 1. The molecule has 6 nitrogen and oxygen atoms in total. The second-order valence-corrected chi connectivity index (χ2v) is 4.91. The Morgan fingerprint density at radius 1 is 1.04 bits per heavy atom. The van der Waals surface area contributed by atoms with E-state index in [1.54, 1.807) is 18.2 Å². The van der Waals surface area contributed by atoms with E-state index in [0.717, 1.165) is 12.1 Å². The quantitative estimate of drug-likeness (QED) is 0.715. The third-order valence-corrected chi connectivity index (χ3v) is 3.12. The minimum absolute atomic E-state index is 0.0322. The fourth-order valence-electron chi connectivity index (χ4n) is 1.92. The number of carbonyl (C=O) groups excluding carboxylic acids is 2. The van der Waals surface area contributed by atoms with Crippen molar-refractivity contribution in [3.8, 4) is 17.6 Å². The summed E-state index contributed by atoms with van der Waals surface area (Å²) in [5.41, 5.74) is 4.92. The molecule has 0 atom stereocenters. The van der Waals surface area contributed by atoms with E-state index in [9.17, 15) is 18.4 Å². The summed E-state index contributed by atoms with van der Waals surface area (Å²) in [5.74, 6) is 3.15. The summed E-state index contributed by atoms with van der Waals surface area (Å²) < 4.78 is 32.1. The molecule has 0 fully saturated rings. The molecule has 0 aliphatic carbocycles. The van der Waals surface area contributed by atoms with Gasteiger partial charge in [0, 0.05) is 0 Å². The number of hydrogen-bond donors (Lipinski definition) is 3. The van der Waals surface area contributed by atoms with E-state index in [1.807, 2.05) is 0 Å². The van der Waals surface area contributed by atoms with Crippen LogP contribution >= 0.6 is 0 Å². The van der Waals surface area contributed by atoms with Crippen LogP contribution in [0.2, 0.25) is 0 Å². The molecule has 4 N–H and O–H groups in total. The average Bonchev–Trinajstić information content (AvgIpc) is 2.61. The summed E-state index contributed by atoms with van der Waals surface area (Å²) in [5, 5.41) is 4.39. The van der Waals surface area contributed by atoms with E-state index < -0.39 is 29.3 Å². The van der Waals surface area contributed by atoms with Crippen LogP contribution in [0.1, 0.15) is 10.4 Å². The highest BCUT2D eigenvalue weighted by molar-refractivity contribution is 5.95. The van der Waals surface area contributed by atoms with Crippen molar-refractivity contribution < 1.29 is 23.1 Å². The molecule has 8 heteroatoms. The van der Waals surface area contributed by atoms with Crippen LogP contribution in [-0.4, -0.2) is 25.1 Å². The molecule has 0 heterocycles. The molecular formula is C18H15F2N3O3. The van der Waals surface area contributed by atoms with Crippen LogP contribution in [0.4, 0.5) is 19.3 Å². The van der Waals surface area contributed by atoms with Gasteiger partial charge in [0.2, 0.25) is 0 Å². The Labute approximate surface area is 148 Å². The second kappa shape index (κ2) is 9.03. The van der Waals surface area contributed by atoms with Gasteiger partial charge >= 0.3 is 6.03 Å². The van der Waals surface area contributed by atoms with Gasteiger partial charge in [-0.1, -0.05) is 30.0 Å². The van der Waals surface area contributed by atoms with Crippen molar-refractivity contribution in [1.82, 2.24) is 5.32 Å². The van der Waals surface area contributed by atoms with Crippen LogP contribution in [0.3, 0.4) is 0 Å². The first-order valence-electron chi connectivity index (χ1n) is 7.45. The number of urea groups is 1. The van der Waals surface area contributed by atoms with Crippen molar-refractivity contribution in [2.45, 2.75) is 0 Å². The molecule has 26 heavy (non-hydrogen) atoms. The maximum Gasteiger partial charge on any atom is 0.320 e. The lowest BCUT2D eigenvalue weighted by Gasteiger charge is -2.07. The molecule has 0 aromatic heterocycles. The standard InChI is InChI=1S/C18H15F2N3O3/c19-13-7-5-8-14(20)16(13)23-18(25)22-10-3-4-11-26-15-9-2-1-6-12(15)17(21)24/h1-2,5-9H,10-11H2,(H2,21,24)(H2,22,23,25). The van der Waals surface area contributed by atoms with Crippen molar-refractivity contribution in [3.05, 3.63) is 59.7 Å². The van der Waals surface area contributed by atoms with Gasteiger partial charge in [0.25, 0.3) is 5.91 Å². The number of amides is 3. The van der Waals surface area contributed by atoms with E-state index in [-0.39, 0.29) is 18.7 Å². The molecule has 0 aliphatic rings. The van der Waals surface area contributed by atoms with Crippen LogP contribution < -0.4 is 21.1 Å². The third-order valence-electron chi connectivity index (χ3n) is 3.12. The Bertz CT molecular complexity index is 855. The molecule has 0 saturated carbocycles. The van der Waals surface area contributed by atoms with Crippen LogP contribution in [0.5, 0.6) is 5.75 Å². The molecule has 0 radical (unpaired) electrons. The van der Waals surface area contributed by atoms with E-state index in [1.165, 1.54) is 12.1 Å². The van der Waals surface area contributed by atoms with Crippen molar-refractivity contribution in [1.29, 1.82) is 0 Å². The lowest BCUT2D eigenvalue weighted by Crippen LogP contribution is -2.29. The summed E-state index contributed by atoms with van der Waals surface area (Å²) in [7, 11) is 0. The van der Waals surface area contributed by atoms with E-state index in [4.69, 9.17) is 10.5 Å². The molecule has 0 bridgehead atoms. The molecule has 2 rings (SSSR count). The third kappa shape index (κ3) is 5.21. The van der Waals surface area contributed by atoms with Gasteiger partial charge in [-0.3, -0.25) is 4.79 Å². The lowest BCUT2D eigenvalue weighted by molar-refractivity contribution is 0.0997. The predicted molar refractivity (Wildman–Crippen MR) is 91.6 cm³/mol. The van der Waals surface area contributed by atoms with Crippen molar-refractivity contribution in [2.24, 2.45) is 5.73 Å². The highest BCUT2D eigenvalue weighted by Crippen LogP contribution is 2.18. The average molecular weight is 359 g/mol. The van der Waals surface area contributed by atoms with Crippen molar-refractivity contribution in [3.63, 3.8) is 0 Å². The monoisotopic (exact) mass is 359 g/mol. The minimum Gasteiger partial charge on any atom is -0.480 e. The highest BCUT2D eigenvalue weighted by Gasteiger charge is 2.11. The molecule has 3 amide bonds. The zero-order chi connectivity index (χ0) is 18.9. The van der Waals surface area contributed by atoms with Crippen LogP contribution in [0, 0.1) is 23.5 Å². The topological polar surface area (TPSA) is 93.5 Å². The van der Waals surface area contributed by atoms with Crippen LogP contribution in [0.15, 0.2) is 42.5 Å². The summed E-state index contributed by atoms with van der Waals surface area (Å²) in [6.45, 7) is -0.0989. The molecule has 0 unspecified atom stereocenters. The van der Waals surface area contributed by atoms with Gasteiger partial charge in [-0.05, 0) is 24.3 Å². The number of anilines is 1. The van der Waals surface area contributed by atoms with Gasteiger partial charge in [-0.2, -0.15) is 0 Å². The maximum absolute atomic E-state index is 13.4. The number of nitrogens with one attached hydrogen (secondary N) is 2. The largest absolute Gasteiger partial charge is 0.480 e. The molecule has 0 spiro atoms. The highest BCUT2D eigenvalue weighted by atomic mass is 19.1. The minimum atomic E-state index is -0.882. The summed E-state index contributed by atoms with van der Waals surface area (Å²) in [4.78, 5) is 22.8. The Balaban J connectivity index is 1.79. The Hall–Kier alpha value is -3.60. The normalized spacial score (nSPS) is 9.62. The first kappa shape index (κ1) is 18.7. The number of nitrogens with two attached hydrogens (primary N) is 1. The van der Waals surface area contributed by atoms with Gasteiger partial charge < -0.3 is 21.1 Å². The van der Waals surface area contributed by atoms with Crippen LogP contribution in [-0.2, 0) is 0 Å². The first-order valence-corrected chi connectivity index (χ1v) is 7.45. The zero-order valence-corrected chi connectivity index (χ0v) is 13.5. The van der Waals surface area contributed by atoms with Crippen LogP contribution in [0.25, 0.3) is 0 Å². The second-order valence-electron chi connectivity index (χ2n) is 4.91. The fourth-order valence-corrected chi connectivity index (χ4v) is 1.92. The smallest absolute Gasteiger partial charge is 0.320 e. The fraction of sp³-hybridized carbons (Fsp3) is 0.111. The predicted octanol–water partition coefficient (Wildman–Crippen LogP) is 2.27. The number of benzene rings is 2. The van der Waals surface area contributed by atoms with Gasteiger partial charge in [-0.25, -0.2) is 13.6 Å². The molecule has 0 saturated heterocycles. The van der Waals surface area contributed by atoms with Crippen molar-refractivity contribution >= 4 is 17.6 Å². The van der Waals surface area contributed by atoms with Crippen molar-refractivity contribution in [2.75, 3.05) is 18.5 Å². The van der Waals surface area contributed by atoms with E-state index in [2.05, 4.69) is 22.5 Å². The molecule has 2 aromatic rings. The number of hydrogen-bond acceptors (Lipinski definition) is 3. The Kier molecular flexibility index (Phi) is 6.51. The van der Waals surface area contributed by atoms with Gasteiger partial charge in [-0.15, -0.1) is 0 Å². The van der Waals surface area contributed by atoms with Gasteiger partial charge in [0.1, 0.15) is 29.7 Å². The Morgan fingerprint density at radius 3 is 2.42 bits per heavy atom. The van der Waals surface area contributed by atoms with Gasteiger partial charge in [0.05, 0.1) is 12.1 Å². The summed E-state index contributed by atoms with van der Waals surface area (Å²) in [6.07, 6.45) is 0. The zero-order valence-electron chi connectivity index (χ0n) is 13.5. The van der Waals surface area contributed by atoms with Gasteiger partial charge in [0.15, 0.2) is 0 Å². The lowest BCUT2D eigenvalue weighted by atomic mass is 10.2. The number of halogens is 2. The number of rotatable bonds is 5. The molecule has 134 valence electrons. The first-order chi connectivity index (χ1) is 12.5. The maximum atomic E-state index is 13.4. The summed E-state index contributed by atoms with van der Waals surface area (Å²) >= 11 is 0. The van der Waals surface area contributed by atoms with E-state index in [0.29, 0.717) is 5.75 Å². The van der Waals surface area contributed by atoms with E-state index >= 15 is 0 Å².